The average Bonchev–Trinajstić information content (AvgIpc) is 3.04. The highest BCUT2D eigenvalue weighted by molar-refractivity contribution is 5.79. The van der Waals surface area contributed by atoms with Gasteiger partial charge in [-0.25, -0.2) is 0 Å². The number of rotatable bonds is 3. The number of amides is 1. The molecule has 2 aliphatic heterocycles. The van der Waals surface area contributed by atoms with Crippen molar-refractivity contribution in [3.05, 3.63) is 11.8 Å². The van der Waals surface area contributed by atoms with Gasteiger partial charge in [-0.3, -0.25) is 9.69 Å². The van der Waals surface area contributed by atoms with E-state index in [1.807, 2.05) is 4.90 Å². The van der Waals surface area contributed by atoms with Crippen LogP contribution in [0.25, 0.3) is 0 Å². The van der Waals surface area contributed by atoms with Crippen LogP contribution in [0.2, 0.25) is 0 Å². The Morgan fingerprint density at radius 2 is 1.96 bits per heavy atom. The molecule has 134 valence electrons. The highest BCUT2D eigenvalue weighted by Crippen LogP contribution is 2.23. The monoisotopic (exact) mass is 336 g/mol. The molecule has 1 atom stereocenters. The topological polar surface area (TPSA) is 71.7 Å². The van der Waals surface area contributed by atoms with Gasteiger partial charge in [-0.05, 0) is 19.4 Å². The van der Waals surface area contributed by atoms with Crippen molar-refractivity contribution in [3.8, 4) is 0 Å². The van der Waals surface area contributed by atoms with Crippen LogP contribution in [0.1, 0.15) is 45.4 Å². The van der Waals surface area contributed by atoms with Gasteiger partial charge in [-0.2, -0.15) is 0 Å². The van der Waals surface area contributed by atoms with Crippen LogP contribution < -0.4 is 0 Å². The van der Waals surface area contributed by atoms with Gasteiger partial charge in [0.2, 0.25) is 17.7 Å². The molecule has 3 rings (SSSR count). The van der Waals surface area contributed by atoms with Crippen LogP contribution in [-0.2, 0) is 21.5 Å². The molecule has 7 heteroatoms. The lowest BCUT2D eigenvalue weighted by Crippen LogP contribution is -2.48. The smallest absolute Gasteiger partial charge is 0.230 e. The number of morpholine rings is 1. The zero-order valence-corrected chi connectivity index (χ0v) is 15.0. The maximum atomic E-state index is 12.7. The molecule has 0 aromatic carbocycles. The number of aromatic nitrogens is 2. The number of carbonyl (C=O) groups is 1. The summed E-state index contributed by atoms with van der Waals surface area (Å²) in [5, 5.41) is 8.31. The van der Waals surface area contributed by atoms with E-state index in [0.29, 0.717) is 44.6 Å². The van der Waals surface area contributed by atoms with Gasteiger partial charge in [-0.1, -0.05) is 20.8 Å². The minimum atomic E-state index is -0.137. The number of piperidine rings is 1. The third-order valence-electron chi connectivity index (χ3n) is 4.64. The summed E-state index contributed by atoms with van der Waals surface area (Å²) in [5.41, 5.74) is -0.137. The van der Waals surface area contributed by atoms with E-state index < -0.39 is 0 Å². The molecule has 7 nitrogen and oxygen atoms in total. The highest BCUT2D eigenvalue weighted by Gasteiger charge is 2.31. The Labute approximate surface area is 143 Å². The van der Waals surface area contributed by atoms with E-state index in [-0.39, 0.29) is 17.2 Å². The summed E-state index contributed by atoms with van der Waals surface area (Å²) in [7, 11) is 0. The van der Waals surface area contributed by atoms with Gasteiger partial charge in [0.05, 0.1) is 25.7 Å². The molecular formula is C17H28N4O3. The first-order chi connectivity index (χ1) is 11.4. The predicted octanol–water partition coefficient (Wildman–Crippen LogP) is 1.44. The summed E-state index contributed by atoms with van der Waals surface area (Å²) >= 11 is 0. The molecule has 0 radical (unpaired) electrons. The summed E-state index contributed by atoms with van der Waals surface area (Å²) in [4.78, 5) is 16.9. The molecule has 3 heterocycles. The number of nitrogens with zero attached hydrogens (tertiary/aromatic N) is 4. The minimum absolute atomic E-state index is 0.0712. The van der Waals surface area contributed by atoms with E-state index in [9.17, 15) is 4.79 Å². The van der Waals surface area contributed by atoms with Crippen LogP contribution >= 0.6 is 0 Å². The standard InChI is InChI=1S/C17H28N4O3/c1-17(2,3)16-19-18-14(24-16)12-20-6-4-5-13(11-20)15(22)21-7-9-23-10-8-21/h13H,4-12H2,1-3H3. The van der Waals surface area contributed by atoms with Crippen molar-refractivity contribution in [1.29, 1.82) is 0 Å². The largest absolute Gasteiger partial charge is 0.423 e. The van der Waals surface area contributed by atoms with Crippen LogP contribution in [0, 0.1) is 5.92 Å². The van der Waals surface area contributed by atoms with Crippen molar-refractivity contribution in [2.75, 3.05) is 39.4 Å². The van der Waals surface area contributed by atoms with Gasteiger partial charge >= 0.3 is 0 Å². The number of hydrogen-bond donors (Lipinski definition) is 0. The molecular weight excluding hydrogens is 308 g/mol. The average molecular weight is 336 g/mol. The number of hydrogen-bond acceptors (Lipinski definition) is 6. The van der Waals surface area contributed by atoms with Crippen molar-refractivity contribution in [2.45, 2.75) is 45.6 Å². The van der Waals surface area contributed by atoms with E-state index in [2.05, 4.69) is 35.9 Å². The van der Waals surface area contributed by atoms with E-state index in [0.717, 1.165) is 25.9 Å². The second-order valence-corrected chi connectivity index (χ2v) is 7.76. The predicted molar refractivity (Wildman–Crippen MR) is 88.4 cm³/mol. The molecule has 1 unspecified atom stereocenters. The fourth-order valence-corrected chi connectivity index (χ4v) is 3.25. The van der Waals surface area contributed by atoms with E-state index >= 15 is 0 Å². The van der Waals surface area contributed by atoms with Crippen LogP contribution in [0.15, 0.2) is 4.42 Å². The van der Waals surface area contributed by atoms with Gasteiger partial charge in [0.25, 0.3) is 0 Å². The second-order valence-electron chi connectivity index (χ2n) is 7.76. The Morgan fingerprint density at radius 3 is 2.62 bits per heavy atom. The quantitative estimate of drug-likeness (QED) is 0.832. The van der Waals surface area contributed by atoms with Crippen LogP contribution in [0.5, 0.6) is 0 Å². The lowest BCUT2D eigenvalue weighted by atomic mass is 9.96. The summed E-state index contributed by atoms with van der Waals surface area (Å²) < 4.78 is 11.1. The Balaban J connectivity index is 1.57. The molecule has 2 fully saturated rings. The third kappa shape index (κ3) is 4.13. The maximum Gasteiger partial charge on any atom is 0.230 e. The van der Waals surface area contributed by atoms with Gasteiger partial charge in [-0.15, -0.1) is 10.2 Å². The van der Waals surface area contributed by atoms with Crippen molar-refractivity contribution < 1.29 is 13.9 Å². The molecule has 1 aromatic heterocycles. The second kappa shape index (κ2) is 7.19. The van der Waals surface area contributed by atoms with Gasteiger partial charge in [0.15, 0.2) is 0 Å². The fourth-order valence-electron chi connectivity index (χ4n) is 3.25. The summed E-state index contributed by atoms with van der Waals surface area (Å²) in [5.74, 6) is 1.64. The molecule has 0 spiro atoms. The number of likely N-dealkylation sites (tertiary alicyclic amines) is 1. The molecule has 0 saturated carbocycles. The first kappa shape index (κ1) is 17.4. The molecule has 1 amide bonds. The summed E-state index contributed by atoms with van der Waals surface area (Å²) in [6.07, 6.45) is 1.99. The molecule has 0 aliphatic carbocycles. The highest BCUT2D eigenvalue weighted by atomic mass is 16.5. The molecule has 0 bridgehead atoms. The molecule has 0 N–H and O–H groups in total. The van der Waals surface area contributed by atoms with E-state index in [1.165, 1.54) is 0 Å². The third-order valence-corrected chi connectivity index (χ3v) is 4.64. The van der Waals surface area contributed by atoms with Crippen molar-refractivity contribution in [1.82, 2.24) is 20.0 Å². The Morgan fingerprint density at radius 1 is 1.21 bits per heavy atom. The van der Waals surface area contributed by atoms with Crippen LogP contribution in [0.3, 0.4) is 0 Å². The SMILES string of the molecule is CC(C)(C)c1nnc(CN2CCCC(C(=O)N3CCOCC3)C2)o1. The normalized spacial score (nSPS) is 23.5. The molecule has 1 aromatic rings. The zero-order chi connectivity index (χ0) is 17.2. The Hall–Kier alpha value is -1.47. The van der Waals surface area contributed by atoms with Gasteiger partial charge in [0.1, 0.15) is 0 Å². The molecule has 2 saturated heterocycles. The molecule has 24 heavy (non-hydrogen) atoms. The summed E-state index contributed by atoms with van der Waals surface area (Å²) in [6.45, 7) is 11.3. The van der Waals surface area contributed by atoms with Crippen LogP contribution in [0.4, 0.5) is 0 Å². The van der Waals surface area contributed by atoms with E-state index in [4.69, 9.17) is 9.15 Å². The molecule has 2 aliphatic rings. The lowest BCUT2D eigenvalue weighted by Gasteiger charge is -2.35. The maximum absolute atomic E-state index is 12.7. The van der Waals surface area contributed by atoms with Crippen LogP contribution in [-0.4, -0.2) is 65.3 Å². The van der Waals surface area contributed by atoms with E-state index in [1.54, 1.807) is 0 Å². The minimum Gasteiger partial charge on any atom is -0.423 e. The Bertz CT molecular complexity index is 560. The Kier molecular flexibility index (Phi) is 5.20. The number of carbonyl (C=O) groups excluding carboxylic acids is 1. The zero-order valence-electron chi connectivity index (χ0n) is 15.0. The fraction of sp³-hybridized carbons (Fsp3) is 0.824. The number of ether oxygens (including phenoxy) is 1. The lowest BCUT2D eigenvalue weighted by molar-refractivity contribution is -0.141. The summed E-state index contributed by atoms with van der Waals surface area (Å²) in [6, 6.07) is 0. The van der Waals surface area contributed by atoms with Crippen molar-refractivity contribution in [3.63, 3.8) is 0 Å². The van der Waals surface area contributed by atoms with Gasteiger partial charge < -0.3 is 14.1 Å². The van der Waals surface area contributed by atoms with Crippen molar-refractivity contribution in [2.24, 2.45) is 5.92 Å². The first-order valence-corrected chi connectivity index (χ1v) is 8.85. The van der Waals surface area contributed by atoms with Crippen molar-refractivity contribution >= 4 is 5.91 Å². The first-order valence-electron chi connectivity index (χ1n) is 8.85. The van der Waals surface area contributed by atoms with Gasteiger partial charge in [0, 0.05) is 25.0 Å².